The van der Waals surface area contributed by atoms with Crippen LogP contribution in [0.3, 0.4) is 0 Å². The number of esters is 2. The molecule has 9 heteroatoms. The van der Waals surface area contributed by atoms with Crippen molar-refractivity contribution in [2.75, 3.05) is 19.8 Å². The molecule has 1 aliphatic rings. The van der Waals surface area contributed by atoms with E-state index < -0.39 is 17.9 Å². The van der Waals surface area contributed by atoms with Crippen LogP contribution in [0, 0.1) is 5.82 Å². The highest BCUT2D eigenvalue weighted by Crippen LogP contribution is 2.43. The molecule has 0 saturated heterocycles. The monoisotopic (exact) mass is 547 g/mol. The standard InChI is InChI=1S/C26H27BrFNO6/c1-4-33-22-12-17(11-21(27)24(22)30)23-19(25(31)34-5-2)14-29(15-20(23)26(32)35-6-3)13-16-7-9-18(28)10-8-16/h7-12,14-15,23,30H,4-6,13H2,1-3H3. The summed E-state index contributed by atoms with van der Waals surface area (Å²) in [6.45, 7) is 6.04. The second-order valence-corrected chi connectivity index (χ2v) is 8.48. The lowest BCUT2D eigenvalue weighted by molar-refractivity contribution is -0.139. The van der Waals surface area contributed by atoms with E-state index in [1.807, 2.05) is 0 Å². The Bertz CT molecular complexity index is 1110. The van der Waals surface area contributed by atoms with Gasteiger partial charge in [0.05, 0.1) is 41.4 Å². The first-order valence-corrected chi connectivity index (χ1v) is 12.0. The first kappa shape index (κ1) is 26.3. The first-order valence-electron chi connectivity index (χ1n) is 11.2. The fourth-order valence-electron chi connectivity index (χ4n) is 3.76. The third-order valence-corrected chi connectivity index (χ3v) is 5.82. The summed E-state index contributed by atoms with van der Waals surface area (Å²) in [6, 6.07) is 9.15. The summed E-state index contributed by atoms with van der Waals surface area (Å²) in [4.78, 5) is 27.8. The number of halogens is 2. The van der Waals surface area contributed by atoms with E-state index in [9.17, 15) is 19.1 Å². The molecule has 0 bridgehead atoms. The van der Waals surface area contributed by atoms with Gasteiger partial charge in [-0.05, 0) is 72.1 Å². The maximum atomic E-state index is 13.4. The molecule has 3 rings (SSSR count). The SMILES string of the molecule is CCOC(=O)C1=CN(Cc2ccc(F)cc2)C=C(C(=O)OCC)C1c1cc(Br)c(O)c(OCC)c1. The minimum atomic E-state index is -0.839. The molecule has 0 atom stereocenters. The zero-order chi connectivity index (χ0) is 25.5. The van der Waals surface area contributed by atoms with E-state index in [1.54, 1.807) is 62.3 Å². The van der Waals surface area contributed by atoms with Crippen molar-refractivity contribution >= 4 is 27.9 Å². The average Bonchev–Trinajstić information content (AvgIpc) is 2.83. The number of phenols is 1. The van der Waals surface area contributed by atoms with E-state index in [2.05, 4.69) is 15.9 Å². The van der Waals surface area contributed by atoms with Crippen LogP contribution >= 0.6 is 15.9 Å². The van der Waals surface area contributed by atoms with Gasteiger partial charge in [-0.1, -0.05) is 12.1 Å². The molecule has 0 radical (unpaired) electrons. The molecule has 2 aromatic rings. The van der Waals surface area contributed by atoms with Gasteiger partial charge in [0.15, 0.2) is 11.5 Å². The summed E-state index contributed by atoms with van der Waals surface area (Å²) >= 11 is 3.33. The number of aromatic hydroxyl groups is 1. The zero-order valence-electron chi connectivity index (χ0n) is 19.7. The minimum Gasteiger partial charge on any atom is -0.503 e. The van der Waals surface area contributed by atoms with Gasteiger partial charge in [0, 0.05) is 18.9 Å². The van der Waals surface area contributed by atoms with E-state index in [-0.39, 0.29) is 48.2 Å². The van der Waals surface area contributed by atoms with Crippen LogP contribution in [-0.4, -0.2) is 41.8 Å². The maximum Gasteiger partial charge on any atom is 0.336 e. The van der Waals surface area contributed by atoms with Crippen molar-refractivity contribution in [3.63, 3.8) is 0 Å². The van der Waals surface area contributed by atoms with E-state index in [0.717, 1.165) is 5.56 Å². The number of hydrogen-bond acceptors (Lipinski definition) is 7. The number of ether oxygens (including phenoxy) is 3. The van der Waals surface area contributed by atoms with Gasteiger partial charge in [-0.15, -0.1) is 0 Å². The van der Waals surface area contributed by atoms with Gasteiger partial charge >= 0.3 is 11.9 Å². The van der Waals surface area contributed by atoms with Crippen molar-refractivity contribution in [2.24, 2.45) is 0 Å². The molecule has 0 fully saturated rings. The third-order valence-electron chi connectivity index (χ3n) is 5.22. The molecule has 1 aliphatic heterocycles. The third kappa shape index (κ3) is 6.22. The van der Waals surface area contributed by atoms with Crippen molar-refractivity contribution in [3.8, 4) is 11.5 Å². The molecule has 1 N–H and O–H groups in total. The van der Waals surface area contributed by atoms with Gasteiger partial charge in [0.2, 0.25) is 0 Å². The molecule has 0 aliphatic carbocycles. The van der Waals surface area contributed by atoms with Crippen LogP contribution in [0.2, 0.25) is 0 Å². The zero-order valence-corrected chi connectivity index (χ0v) is 21.3. The van der Waals surface area contributed by atoms with Crippen molar-refractivity contribution < 1.29 is 33.3 Å². The molecule has 0 saturated carbocycles. The van der Waals surface area contributed by atoms with Crippen LogP contribution in [0.4, 0.5) is 4.39 Å². The Balaban J connectivity index is 2.15. The topological polar surface area (TPSA) is 85.3 Å². The quantitative estimate of drug-likeness (QED) is 0.432. The Hall–Kier alpha value is -3.33. The molecular formula is C26H27BrFNO6. The molecule has 0 spiro atoms. The number of carbonyl (C=O) groups excluding carboxylic acids is 2. The summed E-state index contributed by atoms with van der Waals surface area (Å²) in [5.74, 6) is -2.28. The van der Waals surface area contributed by atoms with E-state index in [0.29, 0.717) is 16.6 Å². The molecule has 0 aromatic heterocycles. The van der Waals surface area contributed by atoms with E-state index in [4.69, 9.17) is 14.2 Å². The van der Waals surface area contributed by atoms with Gasteiger partial charge < -0.3 is 24.2 Å². The van der Waals surface area contributed by atoms with Gasteiger partial charge in [-0.25, -0.2) is 14.0 Å². The van der Waals surface area contributed by atoms with Crippen molar-refractivity contribution in [1.82, 2.24) is 4.90 Å². The van der Waals surface area contributed by atoms with Crippen LogP contribution in [0.25, 0.3) is 0 Å². The Morgan fingerprint density at radius 1 is 0.971 bits per heavy atom. The second-order valence-electron chi connectivity index (χ2n) is 7.62. The number of benzene rings is 2. The van der Waals surface area contributed by atoms with Gasteiger partial charge in [0.1, 0.15) is 5.82 Å². The van der Waals surface area contributed by atoms with Gasteiger partial charge in [0.25, 0.3) is 0 Å². The predicted molar refractivity (Wildman–Crippen MR) is 131 cm³/mol. The Kier molecular flexibility index (Phi) is 8.92. The van der Waals surface area contributed by atoms with Crippen LogP contribution in [0.5, 0.6) is 11.5 Å². The average molecular weight is 548 g/mol. The smallest absolute Gasteiger partial charge is 0.336 e. The van der Waals surface area contributed by atoms with Crippen LogP contribution < -0.4 is 4.74 Å². The number of rotatable bonds is 9. The summed E-state index contributed by atoms with van der Waals surface area (Å²) in [5.41, 5.74) is 1.71. The Labute approximate surface area is 211 Å². The van der Waals surface area contributed by atoms with Crippen LogP contribution in [0.15, 0.2) is 64.4 Å². The normalized spacial score (nSPS) is 13.7. The summed E-state index contributed by atoms with van der Waals surface area (Å²) < 4.78 is 29.9. The van der Waals surface area contributed by atoms with Crippen molar-refractivity contribution in [3.05, 3.63) is 81.4 Å². The maximum absolute atomic E-state index is 13.4. The molecule has 7 nitrogen and oxygen atoms in total. The van der Waals surface area contributed by atoms with Crippen molar-refractivity contribution in [2.45, 2.75) is 33.2 Å². The summed E-state index contributed by atoms with van der Waals surface area (Å²) in [5, 5.41) is 10.4. The Morgan fingerprint density at radius 3 is 2.06 bits per heavy atom. The van der Waals surface area contributed by atoms with Crippen LogP contribution in [0.1, 0.15) is 37.8 Å². The molecule has 1 heterocycles. The number of hydrogen-bond donors (Lipinski definition) is 1. The molecule has 0 amide bonds. The predicted octanol–water partition coefficient (Wildman–Crippen LogP) is 5.19. The van der Waals surface area contributed by atoms with Crippen LogP contribution in [-0.2, 0) is 25.6 Å². The molecular weight excluding hydrogens is 521 g/mol. The fourth-order valence-corrected chi connectivity index (χ4v) is 4.22. The van der Waals surface area contributed by atoms with E-state index >= 15 is 0 Å². The summed E-state index contributed by atoms with van der Waals surface area (Å²) in [7, 11) is 0. The number of nitrogens with zero attached hydrogens (tertiary/aromatic N) is 1. The van der Waals surface area contributed by atoms with Gasteiger partial charge in [-0.3, -0.25) is 0 Å². The lowest BCUT2D eigenvalue weighted by atomic mass is 9.83. The lowest BCUT2D eigenvalue weighted by Crippen LogP contribution is -2.29. The molecule has 35 heavy (non-hydrogen) atoms. The van der Waals surface area contributed by atoms with E-state index in [1.165, 1.54) is 12.1 Å². The highest BCUT2D eigenvalue weighted by atomic mass is 79.9. The van der Waals surface area contributed by atoms with Crippen molar-refractivity contribution in [1.29, 1.82) is 0 Å². The number of carbonyl (C=O) groups is 2. The fraction of sp³-hybridized carbons (Fsp3) is 0.308. The molecule has 186 valence electrons. The van der Waals surface area contributed by atoms with Gasteiger partial charge in [-0.2, -0.15) is 0 Å². The second kappa shape index (κ2) is 11.9. The highest BCUT2D eigenvalue weighted by molar-refractivity contribution is 9.10. The highest BCUT2D eigenvalue weighted by Gasteiger charge is 2.36. The Morgan fingerprint density at radius 2 is 1.54 bits per heavy atom. The largest absolute Gasteiger partial charge is 0.503 e. The number of phenolic OH excluding ortho intramolecular Hbond substituents is 1. The molecule has 0 unspecified atom stereocenters. The molecule has 2 aromatic carbocycles. The minimum absolute atomic E-state index is 0.0901. The summed E-state index contributed by atoms with van der Waals surface area (Å²) in [6.07, 6.45) is 3.21. The first-order chi connectivity index (χ1) is 16.8. The lowest BCUT2D eigenvalue weighted by Gasteiger charge is -2.31.